The standard InChI is InChI=1S/C9H16N2O4/c1-4-14-8(12)6-10-11-7(3)9(13)15-5-2/h10H,4-6H2,1-3H3. The Balaban J connectivity index is 3.85. The van der Waals surface area contributed by atoms with Crippen LogP contribution in [0.1, 0.15) is 20.8 Å². The van der Waals surface area contributed by atoms with Crippen LogP contribution in [-0.2, 0) is 19.1 Å². The van der Waals surface area contributed by atoms with Crippen molar-refractivity contribution in [1.29, 1.82) is 0 Å². The Morgan fingerprint density at radius 1 is 1.20 bits per heavy atom. The van der Waals surface area contributed by atoms with E-state index in [-0.39, 0.29) is 12.3 Å². The molecular weight excluding hydrogens is 200 g/mol. The first kappa shape index (κ1) is 13.4. The zero-order valence-electron chi connectivity index (χ0n) is 9.20. The van der Waals surface area contributed by atoms with Crippen molar-refractivity contribution < 1.29 is 19.1 Å². The molecule has 0 aromatic carbocycles. The molecule has 1 N–H and O–H groups in total. The Labute approximate surface area is 88.6 Å². The minimum absolute atomic E-state index is 0.0649. The van der Waals surface area contributed by atoms with Gasteiger partial charge in [-0.2, -0.15) is 5.10 Å². The van der Waals surface area contributed by atoms with Gasteiger partial charge in [0.2, 0.25) is 0 Å². The average Bonchev–Trinajstić information content (AvgIpc) is 2.18. The van der Waals surface area contributed by atoms with Crippen LogP contribution in [0.15, 0.2) is 5.10 Å². The fraction of sp³-hybridized carbons (Fsp3) is 0.667. The van der Waals surface area contributed by atoms with E-state index in [0.29, 0.717) is 13.2 Å². The fourth-order valence-electron chi connectivity index (χ4n) is 0.716. The fourth-order valence-corrected chi connectivity index (χ4v) is 0.716. The van der Waals surface area contributed by atoms with E-state index in [1.807, 2.05) is 0 Å². The molecule has 0 aliphatic heterocycles. The van der Waals surface area contributed by atoms with Gasteiger partial charge in [0.1, 0.15) is 12.3 Å². The van der Waals surface area contributed by atoms with Gasteiger partial charge >= 0.3 is 11.9 Å². The zero-order valence-corrected chi connectivity index (χ0v) is 9.20. The summed E-state index contributed by atoms with van der Waals surface area (Å²) in [6, 6.07) is 0. The van der Waals surface area contributed by atoms with E-state index in [0.717, 1.165) is 0 Å². The second kappa shape index (κ2) is 7.78. The van der Waals surface area contributed by atoms with Gasteiger partial charge in [-0.15, -0.1) is 0 Å². The number of carbonyl (C=O) groups is 2. The second-order valence-corrected chi connectivity index (χ2v) is 2.56. The van der Waals surface area contributed by atoms with Crippen LogP contribution in [0.4, 0.5) is 0 Å². The van der Waals surface area contributed by atoms with Crippen LogP contribution in [0.25, 0.3) is 0 Å². The van der Waals surface area contributed by atoms with Gasteiger partial charge in [0.05, 0.1) is 13.2 Å². The summed E-state index contributed by atoms with van der Waals surface area (Å²) in [4.78, 5) is 21.9. The lowest BCUT2D eigenvalue weighted by Gasteiger charge is -2.03. The van der Waals surface area contributed by atoms with Gasteiger partial charge in [-0.05, 0) is 20.8 Å². The molecule has 0 heterocycles. The number of hydrogen-bond acceptors (Lipinski definition) is 6. The number of nitrogens with one attached hydrogen (secondary N) is 1. The predicted molar refractivity (Wildman–Crippen MR) is 54.4 cm³/mol. The van der Waals surface area contributed by atoms with Crippen molar-refractivity contribution in [1.82, 2.24) is 5.43 Å². The second-order valence-electron chi connectivity index (χ2n) is 2.56. The van der Waals surface area contributed by atoms with Crippen molar-refractivity contribution in [3.63, 3.8) is 0 Å². The van der Waals surface area contributed by atoms with Crippen LogP contribution in [-0.4, -0.2) is 37.4 Å². The highest BCUT2D eigenvalue weighted by Crippen LogP contribution is 1.83. The summed E-state index contributed by atoms with van der Waals surface area (Å²) in [5, 5.41) is 3.66. The first-order valence-electron chi connectivity index (χ1n) is 4.71. The Morgan fingerprint density at radius 3 is 2.33 bits per heavy atom. The quantitative estimate of drug-likeness (QED) is 0.386. The number of nitrogens with zero attached hydrogens (tertiary/aromatic N) is 1. The normalized spacial score (nSPS) is 10.7. The van der Waals surface area contributed by atoms with Gasteiger partial charge in [0, 0.05) is 0 Å². The lowest BCUT2D eigenvalue weighted by atomic mass is 10.4. The molecule has 0 saturated heterocycles. The summed E-state index contributed by atoms with van der Waals surface area (Å²) in [7, 11) is 0. The van der Waals surface area contributed by atoms with Crippen molar-refractivity contribution >= 4 is 17.7 Å². The molecule has 0 spiro atoms. The van der Waals surface area contributed by atoms with Gasteiger partial charge in [-0.3, -0.25) is 10.2 Å². The summed E-state index contributed by atoms with van der Waals surface area (Å²) in [5.41, 5.74) is 2.59. The molecule has 15 heavy (non-hydrogen) atoms. The molecule has 6 heteroatoms. The minimum Gasteiger partial charge on any atom is -0.465 e. The van der Waals surface area contributed by atoms with E-state index >= 15 is 0 Å². The topological polar surface area (TPSA) is 77.0 Å². The summed E-state index contributed by atoms with van der Waals surface area (Å²) in [6.45, 7) is 5.47. The minimum atomic E-state index is -0.506. The Kier molecular flexibility index (Phi) is 6.96. The number of esters is 2. The summed E-state index contributed by atoms with van der Waals surface area (Å²) >= 11 is 0. The van der Waals surface area contributed by atoms with E-state index in [9.17, 15) is 9.59 Å². The van der Waals surface area contributed by atoms with E-state index in [1.165, 1.54) is 6.92 Å². The van der Waals surface area contributed by atoms with Gasteiger partial charge in [-0.1, -0.05) is 0 Å². The summed E-state index contributed by atoms with van der Waals surface area (Å²) < 4.78 is 9.33. The molecule has 0 rings (SSSR count). The van der Waals surface area contributed by atoms with Crippen LogP contribution >= 0.6 is 0 Å². The Hall–Kier alpha value is -1.59. The van der Waals surface area contributed by atoms with Gasteiger partial charge in [0.15, 0.2) is 0 Å². The Bertz CT molecular complexity index is 250. The van der Waals surface area contributed by atoms with Crippen molar-refractivity contribution in [2.75, 3.05) is 19.8 Å². The highest BCUT2D eigenvalue weighted by atomic mass is 16.5. The molecule has 0 radical (unpaired) electrons. The maximum atomic E-state index is 11.0. The Morgan fingerprint density at radius 2 is 1.80 bits per heavy atom. The number of rotatable bonds is 6. The van der Waals surface area contributed by atoms with Crippen molar-refractivity contribution in [2.45, 2.75) is 20.8 Å². The molecule has 0 aromatic rings. The lowest BCUT2D eigenvalue weighted by molar-refractivity contribution is -0.142. The number of hydrazone groups is 1. The highest BCUT2D eigenvalue weighted by molar-refractivity contribution is 6.35. The third-order valence-corrected chi connectivity index (χ3v) is 1.35. The van der Waals surface area contributed by atoms with E-state index in [1.54, 1.807) is 13.8 Å². The molecule has 0 amide bonds. The SMILES string of the molecule is CCOC(=O)CNN=C(C)C(=O)OCC. The molecule has 0 saturated carbocycles. The highest BCUT2D eigenvalue weighted by Gasteiger charge is 2.06. The van der Waals surface area contributed by atoms with Crippen LogP contribution in [0, 0.1) is 0 Å². The van der Waals surface area contributed by atoms with Crippen LogP contribution < -0.4 is 5.43 Å². The molecule has 0 aliphatic rings. The maximum absolute atomic E-state index is 11.0. The van der Waals surface area contributed by atoms with E-state index in [4.69, 9.17) is 0 Å². The van der Waals surface area contributed by atoms with Gasteiger partial charge in [0.25, 0.3) is 0 Å². The van der Waals surface area contributed by atoms with E-state index < -0.39 is 11.9 Å². The molecule has 0 fully saturated rings. The zero-order chi connectivity index (χ0) is 11.7. The number of ether oxygens (including phenoxy) is 2. The molecule has 0 aliphatic carbocycles. The first-order valence-corrected chi connectivity index (χ1v) is 4.71. The van der Waals surface area contributed by atoms with Crippen molar-refractivity contribution in [3.05, 3.63) is 0 Å². The summed E-state index contributed by atoms with van der Waals surface area (Å²) in [5.74, 6) is -0.924. The van der Waals surface area contributed by atoms with Crippen LogP contribution in [0.3, 0.4) is 0 Å². The monoisotopic (exact) mass is 216 g/mol. The third-order valence-electron chi connectivity index (χ3n) is 1.35. The third kappa shape index (κ3) is 6.48. The van der Waals surface area contributed by atoms with Crippen molar-refractivity contribution in [2.24, 2.45) is 5.10 Å². The van der Waals surface area contributed by atoms with Crippen LogP contribution in [0.5, 0.6) is 0 Å². The molecule has 0 aromatic heterocycles. The molecule has 0 bridgehead atoms. The molecule has 6 nitrogen and oxygen atoms in total. The molecule has 0 atom stereocenters. The van der Waals surface area contributed by atoms with E-state index in [2.05, 4.69) is 20.0 Å². The van der Waals surface area contributed by atoms with Gasteiger partial charge < -0.3 is 9.47 Å². The predicted octanol–water partition coefficient (Wildman–Crippen LogP) is 0.0781. The smallest absolute Gasteiger partial charge is 0.354 e. The summed E-state index contributed by atoms with van der Waals surface area (Å²) in [6.07, 6.45) is 0. The van der Waals surface area contributed by atoms with Gasteiger partial charge in [-0.25, -0.2) is 4.79 Å². The number of carbonyl (C=O) groups excluding carboxylic acids is 2. The molecule has 86 valence electrons. The number of hydrogen-bond donors (Lipinski definition) is 1. The van der Waals surface area contributed by atoms with Crippen molar-refractivity contribution in [3.8, 4) is 0 Å². The van der Waals surface area contributed by atoms with Crippen LogP contribution in [0.2, 0.25) is 0 Å². The first-order chi connectivity index (χ1) is 7.11. The molecule has 0 unspecified atom stereocenters. The average molecular weight is 216 g/mol. The molecular formula is C9H16N2O4. The maximum Gasteiger partial charge on any atom is 0.354 e. The lowest BCUT2D eigenvalue weighted by Crippen LogP contribution is -2.24. The largest absolute Gasteiger partial charge is 0.465 e.